The summed E-state index contributed by atoms with van der Waals surface area (Å²) in [4.78, 5) is 24.4. The average molecular weight is 288 g/mol. The van der Waals surface area contributed by atoms with E-state index in [9.17, 15) is 9.59 Å². The number of benzene rings is 1. The number of hydrazone groups is 1. The fourth-order valence-electron chi connectivity index (χ4n) is 2.52. The molecule has 0 bridgehead atoms. The molecule has 1 aliphatic heterocycles. The summed E-state index contributed by atoms with van der Waals surface area (Å²) < 4.78 is 5.09. The second-order valence-electron chi connectivity index (χ2n) is 5.13. The first-order valence-electron chi connectivity index (χ1n) is 7.08. The highest BCUT2D eigenvalue weighted by atomic mass is 16.5. The van der Waals surface area contributed by atoms with Crippen molar-refractivity contribution in [3.05, 3.63) is 29.8 Å². The van der Waals surface area contributed by atoms with Crippen LogP contribution in [0.3, 0.4) is 0 Å². The molecule has 0 aliphatic carbocycles. The fourth-order valence-corrected chi connectivity index (χ4v) is 2.52. The molecule has 1 aromatic carbocycles. The first-order valence-corrected chi connectivity index (χ1v) is 7.08. The zero-order valence-electron chi connectivity index (χ0n) is 12.8. The maximum atomic E-state index is 12.2. The average Bonchev–Trinajstić information content (AvgIpc) is 2.53. The third-order valence-electron chi connectivity index (χ3n) is 4.17. The van der Waals surface area contributed by atoms with Crippen molar-refractivity contribution in [2.24, 2.45) is 10.5 Å². The smallest absolute Gasteiger partial charge is 0.265 e. The van der Waals surface area contributed by atoms with Crippen LogP contribution in [0.25, 0.3) is 0 Å². The molecule has 2 amide bonds. The molecule has 0 N–H and O–H groups in total. The summed E-state index contributed by atoms with van der Waals surface area (Å²) in [5.74, 6) is 0.342. The molecule has 0 spiro atoms. The largest absolute Gasteiger partial charge is 0.497 e. The number of ether oxygens (including phenoxy) is 1. The Kier molecular flexibility index (Phi) is 4.11. The van der Waals surface area contributed by atoms with Crippen LogP contribution in [-0.4, -0.2) is 29.6 Å². The molecule has 2 rings (SSSR count). The van der Waals surface area contributed by atoms with Crippen LogP contribution in [0, 0.1) is 5.41 Å². The van der Waals surface area contributed by atoms with E-state index in [1.54, 1.807) is 14.0 Å². The first-order chi connectivity index (χ1) is 10.00. The Morgan fingerprint density at radius 2 is 1.67 bits per heavy atom. The lowest BCUT2D eigenvalue weighted by Gasteiger charge is -2.42. The summed E-state index contributed by atoms with van der Waals surface area (Å²) in [6.07, 6.45) is 1.05. The normalized spacial score (nSPS) is 17.7. The van der Waals surface area contributed by atoms with Crippen LogP contribution in [0.4, 0.5) is 0 Å². The van der Waals surface area contributed by atoms with Gasteiger partial charge in [0.15, 0.2) is 0 Å². The Morgan fingerprint density at radius 3 is 2.10 bits per heavy atom. The Balaban J connectivity index is 2.20. The van der Waals surface area contributed by atoms with Gasteiger partial charge in [0, 0.05) is 0 Å². The van der Waals surface area contributed by atoms with Crippen LogP contribution in [0.1, 0.15) is 39.2 Å². The van der Waals surface area contributed by atoms with Crippen LogP contribution < -0.4 is 4.74 Å². The number of rotatable bonds is 5. The number of β-lactam (4-membered cyclic amide) rings is 2. The number of imide groups is 1. The van der Waals surface area contributed by atoms with Gasteiger partial charge in [-0.25, -0.2) is 0 Å². The Labute approximate surface area is 124 Å². The third-order valence-corrected chi connectivity index (χ3v) is 4.17. The summed E-state index contributed by atoms with van der Waals surface area (Å²) in [5.41, 5.74) is 0.617. The van der Waals surface area contributed by atoms with Crippen molar-refractivity contribution in [2.75, 3.05) is 7.11 Å². The Morgan fingerprint density at radius 1 is 1.14 bits per heavy atom. The van der Waals surface area contributed by atoms with Crippen molar-refractivity contribution >= 4 is 17.5 Å². The molecule has 0 radical (unpaired) electrons. The third kappa shape index (κ3) is 2.33. The maximum Gasteiger partial charge on any atom is 0.265 e. The Hall–Kier alpha value is -2.17. The van der Waals surface area contributed by atoms with E-state index in [4.69, 9.17) is 4.74 Å². The van der Waals surface area contributed by atoms with Crippen molar-refractivity contribution in [1.29, 1.82) is 0 Å². The van der Waals surface area contributed by atoms with Crippen LogP contribution in [0.2, 0.25) is 0 Å². The summed E-state index contributed by atoms with van der Waals surface area (Å²) >= 11 is 0. The molecular formula is C16H20N2O3. The number of carbonyl (C=O) groups is 2. The molecule has 0 atom stereocenters. The van der Waals surface area contributed by atoms with Crippen LogP contribution in [-0.2, 0) is 9.59 Å². The number of carbonyl (C=O) groups excluding carboxylic acids is 2. The van der Waals surface area contributed by atoms with Gasteiger partial charge in [0.05, 0.1) is 12.8 Å². The highest BCUT2D eigenvalue weighted by molar-refractivity contribution is 6.22. The molecule has 1 aromatic rings. The molecule has 21 heavy (non-hydrogen) atoms. The van der Waals surface area contributed by atoms with Crippen LogP contribution in [0.15, 0.2) is 29.4 Å². The van der Waals surface area contributed by atoms with Gasteiger partial charge < -0.3 is 4.74 Å². The SMILES string of the molecule is CCC1(CC)C(=O)N(/N=C(\C)c2ccc(OC)cc2)C1=O. The van der Waals surface area contributed by atoms with Crippen LogP contribution >= 0.6 is 0 Å². The fraction of sp³-hybridized carbons (Fsp3) is 0.438. The van der Waals surface area contributed by atoms with E-state index < -0.39 is 5.41 Å². The number of hydrogen-bond donors (Lipinski definition) is 0. The van der Waals surface area contributed by atoms with E-state index in [1.807, 2.05) is 38.1 Å². The lowest BCUT2D eigenvalue weighted by atomic mass is 9.74. The zero-order chi connectivity index (χ0) is 15.6. The predicted molar refractivity (Wildman–Crippen MR) is 80.1 cm³/mol. The number of amides is 2. The van der Waals surface area contributed by atoms with Gasteiger partial charge in [0.25, 0.3) is 11.8 Å². The minimum absolute atomic E-state index is 0.203. The molecule has 112 valence electrons. The molecule has 1 saturated heterocycles. The quantitative estimate of drug-likeness (QED) is 0.475. The van der Waals surface area contributed by atoms with Crippen molar-refractivity contribution < 1.29 is 14.3 Å². The maximum absolute atomic E-state index is 12.2. The molecule has 5 heteroatoms. The van der Waals surface area contributed by atoms with Gasteiger partial charge in [-0.05, 0) is 49.6 Å². The number of hydrogen-bond acceptors (Lipinski definition) is 4. The van der Waals surface area contributed by atoms with Crippen LogP contribution in [0.5, 0.6) is 5.75 Å². The van der Waals surface area contributed by atoms with Gasteiger partial charge in [-0.3, -0.25) is 9.59 Å². The highest BCUT2D eigenvalue weighted by Gasteiger charge is 2.59. The van der Waals surface area contributed by atoms with Gasteiger partial charge in [0.1, 0.15) is 11.2 Å². The van der Waals surface area contributed by atoms with E-state index in [0.29, 0.717) is 18.6 Å². The Bertz CT molecular complexity index is 568. The van der Waals surface area contributed by atoms with E-state index in [0.717, 1.165) is 16.3 Å². The molecule has 0 unspecified atom stereocenters. The molecule has 1 aliphatic rings. The second kappa shape index (κ2) is 5.68. The van der Waals surface area contributed by atoms with Gasteiger partial charge in [0.2, 0.25) is 0 Å². The summed E-state index contributed by atoms with van der Waals surface area (Å²) in [5, 5.41) is 5.16. The molecule has 0 aromatic heterocycles. The zero-order valence-corrected chi connectivity index (χ0v) is 12.8. The lowest BCUT2D eigenvalue weighted by molar-refractivity contribution is -0.177. The number of methoxy groups -OCH3 is 1. The van der Waals surface area contributed by atoms with Gasteiger partial charge in [-0.2, -0.15) is 10.1 Å². The molecular weight excluding hydrogens is 268 g/mol. The molecule has 0 saturated carbocycles. The monoisotopic (exact) mass is 288 g/mol. The molecule has 5 nitrogen and oxygen atoms in total. The van der Waals surface area contributed by atoms with E-state index in [1.165, 1.54) is 0 Å². The summed E-state index contributed by atoms with van der Waals surface area (Å²) in [6.45, 7) is 5.49. The van der Waals surface area contributed by atoms with Crippen molar-refractivity contribution in [2.45, 2.75) is 33.6 Å². The molecule has 1 heterocycles. The van der Waals surface area contributed by atoms with E-state index in [-0.39, 0.29) is 11.8 Å². The first kappa shape index (κ1) is 15.2. The summed E-state index contributed by atoms with van der Waals surface area (Å²) in [7, 11) is 1.60. The second-order valence-corrected chi connectivity index (χ2v) is 5.13. The summed E-state index contributed by atoms with van der Waals surface area (Å²) in [6, 6.07) is 7.32. The lowest BCUT2D eigenvalue weighted by Crippen LogP contribution is -2.63. The topological polar surface area (TPSA) is 59.0 Å². The highest BCUT2D eigenvalue weighted by Crippen LogP contribution is 2.40. The predicted octanol–water partition coefficient (Wildman–Crippen LogP) is 2.59. The number of nitrogens with zero attached hydrogens (tertiary/aromatic N) is 2. The van der Waals surface area contributed by atoms with Crippen molar-refractivity contribution in [3.8, 4) is 5.75 Å². The van der Waals surface area contributed by atoms with Gasteiger partial charge in [-0.15, -0.1) is 0 Å². The minimum atomic E-state index is -0.857. The standard InChI is InChI=1S/C16H20N2O3/c1-5-16(6-2)14(19)18(15(16)20)17-11(3)12-7-9-13(21-4)10-8-12/h7-10H,5-6H2,1-4H3/b17-11+. The van der Waals surface area contributed by atoms with E-state index in [2.05, 4.69) is 5.10 Å². The van der Waals surface area contributed by atoms with Gasteiger partial charge >= 0.3 is 0 Å². The molecule has 1 fully saturated rings. The van der Waals surface area contributed by atoms with Crippen molar-refractivity contribution in [1.82, 2.24) is 5.01 Å². The minimum Gasteiger partial charge on any atom is -0.497 e. The van der Waals surface area contributed by atoms with E-state index >= 15 is 0 Å². The van der Waals surface area contributed by atoms with Crippen molar-refractivity contribution in [3.63, 3.8) is 0 Å². The van der Waals surface area contributed by atoms with Gasteiger partial charge in [-0.1, -0.05) is 13.8 Å².